The van der Waals surface area contributed by atoms with E-state index in [0.29, 0.717) is 6.42 Å². The van der Waals surface area contributed by atoms with Crippen LogP contribution in [0.4, 0.5) is 0 Å². The highest BCUT2D eigenvalue weighted by molar-refractivity contribution is 7.19. The van der Waals surface area contributed by atoms with Crippen molar-refractivity contribution in [2.45, 2.75) is 19.3 Å². The second-order valence-corrected chi connectivity index (χ2v) is 6.91. The van der Waals surface area contributed by atoms with Crippen molar-refractivity contribution in [3.8, 4) is 10.6 Å². The largest absolute Gasteiger partial charge is 0.481 e. The van der Waals surface area contributed by atoms with E-state index in [1.165, 1.54) is 11.3 Å². The van der Waals surface area contributed by atoms with Crippen LogP contribution in [0.1, 0.15) is 18.5 Å². The molecule has 3 heterocycles. The monoisotopic (exact) mass is 326 g/mol. The Bertz CT molecular complexity index is 759. The van der Waals surface area contributed by atoms with Gasteiger partial charge < -0.3 is 5.11 Å². The summed E-state index contributed by atoms with van der Waals surface area (Å²) in [6.07, 6.45) is 3.57. The molecule has 0 aromatic carbocycles. The number of carbonyl (C=O) groups is 1. The van der Waals surface area contributed by atoms with Gasteiger partial charge in [-0.05, 0) is 25.0 Å². The third-order valence-electron chi connectivity index (χ3n) is 2.93. The van der Waals surface area contributed by atoms with Crippen LogP contribution in [-0.2, 0) is 11.2 Å². The van der Waals surface area contributed by atoms with Gasteiger partial charge in [0.1, 0.15) is 5.69 Å². The Labute approximate surface area is 128 Å². The summed E-state index contributed by atoms with van der Waals surface area (Å²) < 4.78 is 2.79. The van der Waals surface area contributed by atoms with Crippen molar-refractivity contribution in [1.82, 2.24) is 9.38 Å². The number of imidazole rings is 1. The van der Waals surface area contributed by atoms with E-state index in [9.17, 15) is 4.79 Å². The molecule has 20 heavy (non-hydrogen) atoms. The van der Waals surface area contributed by atoms with Gasteiger partial charge in [-0.2, -0.15) is 0 Å². The van der Waals surface area contributed by atoms with Gasteiger partial charge in [0, 0.05) is 23.7 Å². The number of thiophene rings is 1. The number of aromatic nitrogens is 2. The van der Waals surface area contributed by atoms with Crippen LogP contribution in [-0.4, -0.2) is 20.5 Å². The Kier molecular flexibility index (Phi) is 3.78. The lowest BCUT2D eigenvalue weighted by Gasteiger charge is -1.97. The minimum atomic E-state index is -0.754. The lowest BCUT2D eigenvalue weighted by atomic mass is 10.2. The van der Waals surface area contributed by atoms with Crippen LogP contribution in [0.15, 0.2) is 23.7 Å². The second-order valence-electron chi connectivity index (χ2n) is 4.36. The molecule has 0 spiro atoms. The van der Waals surface area contributed by atoms with E-state index in [1.54, 1.807) is 11.3 Å². The minimum absolute atomic E-state index is 0.194. The first-order valence-corrected chi connectivity index (χ1v) is 8.14. The molecule has 0 atom stereocenters. The summed E-state index contributed by atoms with van der Waals surface area (Å²) in [5.41, 5.74) is 2.01. The van der Waals surface area contributed by atoms with E-state index in [2.05, 4.69) is 4.98 Å². The van der Waals surface area contributed by atoms with E-state index in [1.807, 2.05) is 28.1 Å². The first-order valence-electron chi connectivity index (χ1n) is 6.06. The highest BCUT2D eigenvalue weighted by atomic mass is 35.5. The van der Waals surface area contributed by atoms with Gasteiger partial charge in [-0.15, -0.1) is 22.7 Å². The number of fused-ring (bicyclic) bond motifs is 1. The van der Waals surface area contributed by atoms with Crippen molar-refractivity contribution in [2.24, 2.45) is 0 Å². The Morgan fingerprint density at radius 1 is 1.45 bits per heavy atom. The van der Waals surface area contributed by atoms with Gasteiger partial charge in [-0.1, -0.05) is 11.6 Å². The van der Waals surface area contributed by atoms with Gasteiger partial charge in [0.05, 0.1) is 9.21 Å². The van der Waals surface area contributed by atoms with Crippen LogP contribution < -0.4 is 0 Å². The maximum absolute atomic E-state index is 10.6. The van der Waals surface area contributed by atoms with Crippen LogP contribution in [0.3, 0.4) is 0 Å². The summed E-state index contributed by atoms with van der Waals surface area (Å²) in [5.74, 6) is -0.754. The van der Waals surface area contributed by atoms with Crippen LogP contribution in [0.25, 0.3) is 15.5 Å². The average molecular weight is 327 g/mol. The lowest BCUT2D eigenvalue weighted by molar-refractivity contribution is -0.137. The molecule has 3 aromatic rings. The number of nitrogens with zero attached hydrogens (tertiary/aromatic N) is 2. The van der Waals surface area contributed by atoms with Gasteiger partial charge in [0.15, 0.2) is 4.96 Å². The number of hydrogen-bond acceptors (Lipinski definition) is 4. The molecule has 0 radical (unpaired) electrons. The highest BCUT2D eigenvalue weighted by Crippen LogP contribution is 2.31. The maximum atomic E-state index is 10.6. The smallest absolute Gasteiger partial charge is 0.303 e. The fourth-order valence-electron chi connectivity index (χ4n) is 2.00. The predicted molar refractivity (Wildman–Crippen MR) is 82.0 cm³/mol. The van der Waals surface area contributed by atoms with Crippen LogP contribution in [0.2, 0.25) is 4.34 Å². The summed E-state index contributed by atoms with van der Waals surface area (Å²) >= 11 is 9.02. The van der Waals surface area contributed by atoms with Crippen molar-refractivity contribution >= 4 is 45.2 Å². The van der Waals surface area contributed by atoms with Crippen molar-refractivity contribution < 1.29 is 9.90 Å². The van der Waals surface area contributed by atoms with Gasteiger partial charge in [-0.3, -0.25) is 9.20 Å². The summed E-state index contributed by atoms with van der Waals surface area (Å²) in [5, 5.41) is 10.7. The van der Waals surface area contributed by atoms with Gasteiger partial charge >= 0.3 is 5.97 Å². The number of halogens is 1. The number of aryl methyl sites for hydroxylation is 1. The molecule has 0 bridgehead atoms. The predicted octanol–water partition coefficient (Wildman–Crippen LogP) is 4.19. The second kappa shape index (κ2) is 5.55. The van der Waals surface area contributed by atoms with E-state index in [0.717, 1.165) is 32.0 Å². The molecular formula is C13H11ClN2O2S2. The van der Waals surface area contributed by atoms with Gasteiger partial charge in [0.25, 0.3) is 0 Å². The molecule has 104 valence electrons. The molecule has 0 saturated heterocycles. The number of carboxylic acids is 1. The third kappa shape index (κ3) is 2.72. The molecule has 3 aromatic heterocycles. The molecule has 7 heteroatoms. The van der Waals surface area contributed by atoms with Gasteiger partial charge in [0.2, 0.25) is 0 Å². The Morgan fingerprint density at radius 2 is 2.30 bits per heavy atom. The summed E-state index contributed by atoms with van der Waals surface area (Å²) in [6, 6.07) is 3.83. The van der Waals surface area contributed by atoms with E-state index in [-0.39, 0.29) is 6.42 Å². The van der Waals surface area contributed by atoms with E-state index < -0.39 is 5.97 Å². The first kappa shape index (κ1) is 13.6. The normalized spacial score (nSPS) is 11.2. The molecule has 0 aliphatic heterocycles. The number of thiazole rings is 1. The number of hydrogen-bond donors (Lipinski definition) is 1. The SMILES string of the molecule is O=C(O)CCCc1csc2nc(-c3ccc(Cl)s3)cn12. The summed E-state index contributed by atoms with van der Waals surface area (Å²) in [4.78, 5) is 17.1. The molecule has 0 saturated carbocycles. The Hall–Kier alpha value is -1.37. The fraction of sp³-hybridized carbons (Fsp3) is 0.231. The molecule has 0 amide bonds. The quantitative estimate of drug-likeness (QED) is 0.765. The number of aliphatic carboxylic acids is 1. The third-order valence-corrected chi connectivity index (χ3v) is 5.07. The summed E-state index contributed by atoms with van der Waals surface area (Å²) in [7, 11) is 0. The fourth-order valence-corrected chi connectivity index (χ4v) is 3.91. The lowest BCUT2D eigenvalue weighted by Crippen LogP contribution is -1.97. The van der Waals surface area contributed by atoms with Crippen LogP contribution in [0, 0.1) is 0 Å². The molecule has 0 aliphatic carbocycles. The number of rotatable bonds is 5. The topological polar surface area (TPSA) is 54.6 Å². The number of carboxylic acid groups (broad SMARTS) is 1. The zero-order valence-electron chi connectivity index (χ0n) is 10.4. The standard InChI is InChI=1S/C13H11ClN2O2S2/c14-11-5-4-10(20-11)9-6-16-8(2-1-3-12(17)18)7-19-13(16)15-9/h4-7H,1-3H2,(H,17,18). The zero-order chi connectivity index (χ0) is 14.1. The Balaban J connectivity index is 1.85. The first-order chi connectivity index (χ1) is 9.63. The van der Waals surface area contributed by atoms with Crippen LogP contribution >= 0.6 is 34.3 Å². The molecule has 0 aliphatic rings. The van der Waals surface area contributed by atoms with Gasteiger partial charge in [-0.25, -0.2) is 4.98 Å². The molecule has 4 nitrogen and oxygen atoms in total. The highest BCUT2D eigenvalue weighted by Gasteiger charge is 2.11. The Morgan fingerprint density at radius 3 is 3.00 bits per heavy atom. The molecule has 3 rings (SSSR count). The molecule has 0 unspecified atom stereocenters. The minimum Gasteiger partial charge on any atom is -0.481 e. The van der Waals surface area contributed by atoms with Crippen molar-refractivity contribution in [2.75, 3.05) is 0 Å². The molecule has 0 fully saturated rings. The van der Waals surface area contributed by atoms with E-state index in [4.69, 9.17) is 16.7 Å². The molecule has 1 N–H and O–H groups in total. The van der Waals surface area contributed by atoms with Crippen molar-refractivity contribution in [3.63, 3.8) is 0 Å². The summed E-state index contributed by atoms with van der Waals surface area (Å²) in [6.45, 7) is 0. The van der Waals surface area contributed by atoms with Crippen molar-refractivity contribution in [3.05, 3.63) is 33.7 Å². The zero-order valence-corrected chi connectivity index (χ0v) is 12.8. The molecular weight excluding hydrogens is 316 g/mol. The van der Waals surface area contributed by atoms with Crippen LogP contribution in [0.5, 0.6) is 0 Å². The maximum Gasteiger partial charge on any atom is 0.303 e. The van der Waals surface area contributed by atoms with Crippen molar-refractivity contribution in [1.29, 1.82) is 0 Å². The van der Waals surface area contributed by atoms with E-state index >= 15 is 0 Å². The average Bonchev–Trinajstić information content (AvgIpc) is 3.05.